The summed E-state index contributed by atoms with van der Waals surface area (Å²) in [4.78, 5) is 14.4. The van der Waals surface area contributed by atoms with Crippen LogP contribution in [0.25, 0.3) is 0 Å². The minimum atomic E-state index is -0.613. The summed E-state index contributed by atoms with van der Waals surface area (Å²) < 4.78 is 32.3. The Bertz CT molecular complexity index is 743. The summed E-state index contributed by atoms with van der Waals surface area (Å²) in [5, 5.41) is 0. The topological polar surface area (TPSA) is 29.5 Å². The number of likely N-dealkylation sites (tertiary alicyclic amines) is 1. The van der Waals surface area contributed by atoms with Crippen LogP contribution in [0.15, 0.2) is 42.5 Å². The highest BCUT2D eigenvalue weighted by molar-refractivity contribution is 5.94. The molecule has 5 heteroatoms. The number of hydrogen-bond acceptors (Lipinski definition) is 2. The summed E-state index contributed by atoms with van der Waals surface area (Å²) in [7, 11) is 0. The molecule has 1 unspecified atom stereocenters. The molecule has 3 nitrogen and oxygen atoms in total. The summed E-state index contributed by atoms with van der Waals surface area (Å²) >= 11 is 0. The second-order valence-electron chi connectivity index (χ2n) is 6.47. The number of rotatable bonds is 4. The van der Waals surface area contributed by atoms with Crippen LogP contribution in [0.3, 0.4) is 0 Å². The van der Waals surface area contributed by atoms with Gasteiger partial charge in [-0.05, 0) is 49.6 Å². The Kier molecular flexibility index (Phi) is 5.43. The van der Waals surface area contributed by atoms with Crippen LogP contribution in [0.5, 0.6) is 0 Å². The number of halogens is 2. The van der Waals surface area contributed by atoms with E-state index in [1.165, 1.54) is 12.1 Å². The second kappa shape index (κ2) is 7.74. The fraction of sp³-hybridized carbons (Fsp3) is 0.350. The molecule has 0 bridgehead atoms. The third-order valence-corrected chi connectivity index (χ3v) is 4.34. The maximum Gasteiger partial charge on any atom is 0.253 e. The zero-order valence-electron chi connectivity index (χ0n) is 14.2. The largest absolute Gasteiger partial charge is 0.372 e. The average molecular weight is 345 g/mol. The van der Waals surface area contributed by atoms with Crippen molar-refractivity contribution >= 4 is 5.91 Å². The molecule has 1 heterocycles. The standard InChI is InChI=1S/C20H21F2NO2/c1-14-4-2-5-16(8-14)20(24)23-7-3-6-19(12-23)25-13-15-9-17(21)11-18(22)10-15/h2,4-5,8-11,19H,3,6-7,12-13H2,1H3. The first kappa shape index (κ1) is 17.5. The molecule has 25 heavy (non-hydrogen) atoms. The molecule has 2 aromatic rings. The summed E-state index contributed by atoms with van der Waals surface area (Å²) in [6.07, 6.45) is 1.55. The fourth-order valence-corrected chi connectivity index (χ4v) is 3.13. The summed E-state index contributed by atoms with van der Waals surface area (Å²) in [6.45, 7) is 3.27. The lowest BCUT2D eigenvalue weighted by Gasteiger charge is -2.33. The summed E-state index contributed by atoms with van der Waals surface area (Å²) in [5.74, 6) is -1.23. The number of hydrogen-bond donors (Lipinski definition) is 0. The Morgan fingerprint density at radius 1 is 1.20 bits per heavy atom. The zero-order valence-corrected chi connectivity index (χ0v) is 14.2. The van der Waals surface area contributed by atoms with Crippen molar-refractivity contribution in [2.45, 2.75) is 32.5 Å². The summed E-state index contributed by atoms with van der Waals surface area (Å²) in [5.41, 5.74) is 2.18. The average Bonchev–Trinajstić information content (AvgIpc) is 2.59. The first-order valence-electron chi connectivity index (χ1n) is 8.44. The van der Waals surface area contributed by atoms with Crippen molar-refractivity contribution in [1.82, 2.24) is 4.90 Å². The van der Waals surface area contributed by atoms with E-state index < -0.39 is 11.6 Å². The second-order valence-corrected chi connectivity index (χ2v) is 6.47. The molecule has 0 aliphatic carbocycles. The predicted octanol–water partition coefficient (Wildman–Crippen LogP) is 4.09. The van der Waals surface area contributed by atoms with Crippen molar-refractivity contribution in [2.75, 3.05) is 13.1 Å². The highest BCUT2D eigenvalue weighted by atomic mass is 19.1. The SMILES string of the molecule is Cc1cccc(C(=O)N2CCCC(OCc3cc(F)cc(F)c3)C2)c1. The van der Waals surface area contributed by atoms with Gasteiger partial charge in [0.25, 0.3) is 5.91 Å². The highest BCUT2D eigenvalue weighted by Crippen LogP contribution is 2.18. The van der Waals surface area contributed by atoms with Crippen LogP contribution in [-0.2, 0) is 11.3 Å². The molecular formula is C20H21F2NO2. The van der Waals surface area contributed by atoms with Gasteiger partial charge in [0, 0.05) is 24.7 Å². The third kappa shape index (κ3) is 4.63. The maximum absolute atomic E-state index is 13.2. The van der Waals surface area contributed by atoms with Crippen molar-refractivity contribution in [1.29, 1.82) is 0 Å². The quantitative estimate of drug-likeness (QED) is 0.835. The molecule has 1 saturated heterocycles. The smallest absolute Gasteiger partial charge is 0.253 e. The van der Waals surface area contributed by atoms with E-state index in [0.29, 0.717) is 24.2 Å². The number of aryl methyl sites for hydroxylation is 1. The molecule has 0 radical (unpaired) electrons. The molecule has 2 aromatic carbocycles. The van der Waals surface area contributed by atoms with Gasteiger partial charge < -0.3 is 9.64 Å². The van der Waals surface area contributed by atoms with E-state index in [1.807, 2.05) is 31.2 Å². The number of carbonyl (C=O) groups is 1. The Hall–Kier alpha value is -2.27. The van der Waals surface area contributed by atoms with E-state index in [0.717, 1.165) is 24.5 Å². The molecule has 0 aromatic heterocycles. The van der Waals surface area contributed by atoms with Crippen molar-refractivity contribution in [3.05, 3.63) is 70.8 Å². The third-order valence-electron chi connectivity index (χ3n) is 4.34. The Labute approximate surface area is 146 Å². The van der Waals surface area contributed by atoms with Gasteiger partial charge in [0.05, 0.1) is 12.7 Å². The lowest BCUT2D eigenvalue weighted by atomic mass is 10.1. The monoisotopic (exact) mass is 345 g/mol. The van der Waals surface area contributed by atoms with E-state index in [4.69, 9.17) is 4.74 Å². The van der Waals surface area contributed by atoms with Crippen LogP contribution >= 0.6 is 0 Å². The Morgan fingerprint density at radius 2 is 1.96 bits per heavy atom. The van der Waals surface area contributed by atoms with Gasteiger partial charge in [0.15, 0.2) is 0 Å². The molecule has 0 spiro atoms. The number of ether oxygens (including phenoxy) is 1. The molecule has 1 aliphatic rings. The molecule has 1 atom stereocenters. The predicted molar refractivity (Wildman–Crippen MR) is 91.3 cm³/mol. The van der Waals surface area contributed by atoms with E-state index >= 15 is 0 Å². The normalized spacial score (nSPS) is 17.6. The van der Waals surface area contributed by atoms with Gasteiger partial charge in [0.2, 0.25) is 0 Å². The minimum Gasteiger partial charge on any atom is -0.372 e. The van der Waals surface area contributed by atoms with Crippen LogP contribution in [-0.4, -0.2) is 30.0 Å². The molecule has 132 valence electrons. The number of carbonyl (C=O) groups excluding carboxylic acids is 1. The van der Waals surface area contributed by atoms with Gasteiger partial charge in [-0.25, -0.2) is 8.78 Å². The number of amides is 1. The Morgan fingerprint density at radius 3 is 2.68 bits per heavy atom. The van der Waals surface area contributed by atoms with Gasteiger partial charge in [-0.15, -0.1) is 0 Å². The number of piperidine rings is 1. The first-order chi connectivity index (χ1) is 12.0. The van der Waals surface area contributed by atoms with Crippen LogP contribution < -0.4 is 0 Å². The minimum absolute atomic E-state index is 0.00574. The molecule has 0 saturated carbocycles. The van der Waals surface area contributed by atoms with Crippen molar-refractivity contribution in [3.8, 4) is 0 Å². The van der Waals surface area contributed by atoms with Gasteiger partial charge in [-0.2, -0.15) is 0 Å². The first-order valence-corrected chi connectivity index (χ1v) is 8.44. The lowest BCUT2D eigenvalue weighted by molar-refractivity contribution is -0.00686. The van der Waals surface area contributed by atoms with Crippen molar-refractivity contribution in [2.24, 2.45) is 0 Å². The van der Waals surface area contributed by atoms with E-state index in [2.05, 4.69) is 0 Å². The zero-order chi connectivity index (χ0) is 17.8. The van der Waals surface area contributed by atoms with Crippen LogP contribution in [0, 0.1) is 18.6 Å². The van der Waals surface area contributed by atoms with Crippen LogP contribution in [0.4, 0.5) is 8.78 Å². The molecule has 1 amide bonds. The van der Waals surface area contributed by atoms with E-state index in [-0.39, 0.29) is 18.6 Å². The van der Waals surface area contributed by atoms with E-state index in [1.54, 1.807) is 4.90 Å². The number of benzene rings is 2. The maximum atomic E-state index is 13.2. The molecule has 1 aliphatic heterocycles. The highest BCUT2D eigenvalue weighted by Gasteiger charge is 2.25. The van der Waals surface area contributed by atoms with Crippen LogP contribution in [0.2, 0.25) is 0 Å². The Balaban J connectivity index is 1.60. The molecule has 3 rings (SSSR count). The van der Waals surface area contributed by atoms with Gasteiger partial charge in [0.1, 0.15) is 11.6 Å². The van der Waals surface area contributed by atoms with E-state index in [9.17, 15) is 13.6 Å². The van der Waals surface area contributed by atoms with Crippen LogP contribution in [0.1, 0.15) is 34.3 Å². The number of nitrogens with zero attached hydrogens (tertiary/aromatic N) is 1. The molecular weight excluding hydrogens is 324 g/mol. The van der Waals surface area contributed by atoms with Crippen molar-refractivity contribution in [3.63, 3.8) is 0 Å². The lowest BCUT2D eigenvalue weighted by Crippen LogP contribution is -2.43. The summed E-state index contributed by atoms with van der Waals surface area (Å²) in [6, 6.07) is 10.9. The van der Waals surface area contributed by atoms with Gasteiger partial charge >= 0.3 is 0 Å². The van der Waals surface area contributed by atoms with Gasteiger partial charge in [-0.1, -0.05) is 17.7 Å². The van der Waals surface area contributed by atoms with Crippen molar-refractivity contribution < 1.29 is 18.3 Å². The van der Waals surface area contributed by atoms with Gasteiger partial charge in [-0.3, -0.25) is 4.79 Å². The fourth-order valence-electron chi connectivity index (χ4n) is 3.13. The molecule has 0 N–H and O–H groups in total. The molecule has 1 fully saturated rings.